The molecule has 0 spiro atoms. The predicted molar refractivity (Wildman–Crippen MR) is 109 cm³/mol. The van der Waals surface area contributed by atoms with Crippen LogP contribution in [0.4, 0.5) is 0 Å². The van der Waals surface area contributed by atoms with E-state index in [0.717, 1.165) is 34.0 Å². The monoisotopic (exact) mass is 403 g/mol. The molecule has 3 heterocycles. The Bertz CT molecular complexity index is 1170. The topological polar surface area (TPSA) is 78.4 Å². The summed E-state index contributed by atoms with van der Waals surface area (Å²) < 4.78 is 18.4. The molecule has 0 bridgehead atoms. The first kappa shape index (κ1) is 18.4. The summed E-state index contributed by atoms with van der Waals surface area (Å²) in [7, 11) is 2.02. The maximum atomic E-state index is 5.56. The van der Waals surface area contributed by atoms with Crippen molar-refractivity contribution in [3.63, 3.8) is 0 Å². The molecular formula is C22H21N5O3. The Morgan fingerprint density at radius 2 is 1.83 bits per heavy atom. The van der Waals surface area contributed by atoms with Gasteiger partial charge in [-0.15, -0.1) is 10.2 Å². The summed E-state index contributed by atoms with van der Waals surface area (Å²) in [5.74, 6) is 2.65. The number of para-hydroxylation sites is 1. The van der Waals surface area contributed by atoms with Gasteiger partial charge in [0.15, 0.2) is 11.5 Å². The van der Waals surface area contributed by atoms with Crippen LogP contribution in [0.3, 0.4) is 0 Å². The summed E-state index contributed by atoms with van der Waals surface area (Å²) in [6.07, 6.45) is 2.06. The van der Waals surface area contributed by atoms with Gasteiger partial charge < -0.3 is 13.9 Å². The van der Waals surface area contributed by atoms with Crippen LogP contribution < -0.4 is 9.47 Å². The zero-order valence-electron chi connectivity index (χ0n) is 16.8. The highest BCUT2D eigenvalue weighted by atomic mass is 16.7. The summed E-state index contributed by atoms with van der Waals surface area (Å²) >= 11 is 0. The van der Waals surface area contributed by atoms with Gasteiger partial charge in [0, 0.05) is 30.8 Å². The molecule has 0 atom stereocenters. The lowest BCUT2D eigenvalue weighted by Gasteiger charge is -2.14. The smallest absolute Gasteiger partial charge is 0.231 e. The number of ether oxygens (including phenoxy) is 2. The van der Waals surface area contributed by atoms with Crippen LogP contribution in [-0.2, 0) is 13.1 Å². The number of hydrogen-bond donors (Lipinski definition) is 0. The zero-order chi connectivity index (χ0) is 20.5. The Labute approximate surface area is 173 Å². The van der Waals surface area contributed by atoms with Crippen molar-refractivity contribution in [2.24, 2.45) is 0 Å². The largest absolute Gasteiger partial charge is 0.454 e. The standard InChI is InChI=1S/C22H21N5O3/c1-15-23-24-21(30-15)13-26(2)11-17-12-27(18-6-4-3-5-7-18)25-22(17)16-8-9-19-20(10-16)29-14-28-19/h3-10,12H,11,13-14H2,1-2H3. The third kappa shape index (κ3) is 3.65. The van der Waals surface area contributed by atoms with E-state index in [1.54, 1.807) is 6.92 Å². The summed E-state index contributed by atoms with van der Waals surface area (Å²) in [6, 6.07) is 16.0. The maximum Gasteiger partial charge on any atom is 0.231 e. The number of nitrogens with zero attached hydrogens (tertiary/aromatic N) is 5. The molecule has 8 nitrogen and oxygen atoms in total. The Hall–Kier alpha value is -3.65. The molecular weight excluding hydrogens is 382 g/mol. The van der Waals surface area contributed by atoms with E-state index < -0.39 is 0 Å². The molecule has 5 rings (SSSR count). The fourth-order valence-corrected chi connectivity index (χ4v) is 3.50. The van der Waals surface area contributed by atoms with Crippen molar-refractivity contribution in [2.75, 3.05) is 13.8 Å². The third-order valence-corrected chi connectivity index (χ3v) is 4.87. The van der Waals surface area contributed by atoms with Crippen LogP contribution in [-0.4, -0.2) is 38.7 Å². The molecule has 0 N–H and O–H groups in total. The first-order valence-electron chi connectivity index (χ1n) is 9.67. The molecule has 0 fully saturated rings. The van der Waals surface area contributed by atoms with E-state index in [-0.39, 0.29) is 6.79 Å². The average molecular weight is 403 g/mol. The van der Waals surface area contributed by atoms with Crippen molar-refractivity contribution in [3.05, 3.63) is 72.1 Å². The molecule has 0 aliphatic carbocycles. The van der Waals surface area contributed by atoms with Gasteiger partial charge in [-0.1, -0.05) is 18.2 Å². The minimum Gasteiger partial charge on any atom is -0.454 e. The Morgan fingerprint density at radius 1 is 1.00 bits per heavy atom. The summed E-state index contributed by atoms with van der Waals surface area (Å²) in [5.41, 5.74) is 3.95. The van der Waals surface area contributed by atoms with Gasteiger partial charge in [-0.25, -0.2) is 4.68 Å². The zero-order valence-corrected chi connectivity index (χ0v) is 16.8. The first-order valence-corrected chi connectivity index (χ1v) is 9.67. The molecule has 0 saturated heterocycles. The molecule has 152 valence electrons. The van der Waals surface area contributed by atoms with Crippen LogP contribution in [0.2, 0.25) is 0 Å². The molecule has 1 aliphatic rings. The molecule has 0 unspecified atom stereocenters. The lowest BCUT2D eigenvalue weighted by molar-refractivity contribution is 0.174. The Morgan fingerprint density at radius 3 is 2.63 bits per heavy atom. The van der Waals surface area contributed by atoms with Crippen molar-refractivity contribution in [3.8, 4) is 28.4 Å². The number of aryl methyl sites for hydroxylation is 1. The number of benzene rings is 2. The van der Waals surface area contributed by atoms with E-state index in [2.05, 4.69) is 21.3 Å². The molecule has 30 heavy (non-hydrogen) atoms. The van der Waals surface area contributed by atoms with E-state index in [9.17, 15) is 0 Å². The normalized spacial score (nSPS) is 12.6. The summed E-state index contributed by atoms with van der Waals surface area (Å²) in [5, 5.41) is 12.9. The van der Waals surface area contributed by atoms with Crippen molar-refractivity contribution in [1.82, 2.24) is 24.9 Å². The number of fused-ring (bicyclic) bond motifs is 1. The predicted octanol–water partition coefficient (Wildman–Crippen LogP) is 3.59. The Balaban J connectivity index is 1.49. The minimum absolute atomic E-state index is 0.246. The second-order valence-corrected chi connectivity index (χ2v) is 7.24. The van der Waals surface area contributed by atoms with Crippen LogP contribution in [0, 0.1) is 6.92 Å². The SMILES string of the molecule is Cc1nnc(CN(C)Cc2cn(-c3ccccc3)nc2-c2ccc3c(c2)OCO3)o1. The van der Waals surface area contributed by atoms with E-state index in [1.165, 1.54) is 0 Å². The fourth-order valence-electron chi connectivity index (χ4n) is 3.50. The van der Waals surface area contributed by atoms with Gasteiger partial charge >= 0.3 is 0 Å². The van der Waals surface area contributed by atoms with Gasteiger partial charge in [-0.05, 0) is 37.4 Å². The number of aromatic nitrogens is 4. The third-order valence-electron chi connectivity index (χ3n) is 4.87. The minimum atomic E-state index is 0.246. The van der Waals surface area contributed by atoms with Crippen LogP contribution in [0.1, 0.15) is 17.3 Å². The molecule has 4 aromatic rings. The molecule has 0 saturated carbocycles. The average Bonchev–Trinajstić information content (AvgIpc) is 3.48. The number of hydrogen-bond acceptors (Lipinski definition) is 7. The second-order valence-electron chi connectivity index (χ2n) is 7.24. The van der Waals surface area contributed by atoms with Crippen LogP contribution >= 0.6 is 0 Å². The second kappa shape index (κ2) is 7.64. The van der Waals surface area contributed by atoms with Gasteiger partial charge in [0.25, 0.3) is 0 Å². The molecule has 1 aliphatic heterocycles. The highest BCUT2D eigenvalue weighted by molar-refractivity contribution is 5.67. The summed E-state index contributed by atoms with van der Waals surface area (Å²) in [6.45, 7) is 3.25. The highest BCUT2D eigenvalue weighted by Gasteiger charge is 2.19. The molecule has 2 aromatic heterocycles. The van der Waals surface area contributed by atoms with Crippen molar-refractivity contribution < 1.29 is 13.9 Å². The van der Waals surface area contributed by atoms with Crippen molar-refractivity contribution in [1.29, 1.82) is 0 Å². The lowest BCUT2D eigenvalue weighted by atomic mass is 10.1. The van der Waals surface area contributed by atoms with Gasteiger partial charge in [0.05, 0.1) is 17.9 Å². The first-order chi connectivity index (χ1) is 14.7. The van der Waals surface area contributed by atoms with Gasteiger partial charge in [-0.3, -0.25) is 4.90 Å². The van der Waals surface area contributed by atoms with Crippen LogP contribution in [0.15, 0.2) is 59.1 Å². The quantitative estimate of drug-likeness (QED) is 0.487. The molecule has 2 aromatic carbocycles. The molecule has 8 heteroatoms. The lowest BCUT2D eigenvalue weighted by Crippen LogP contribution is -2.17. The fraction of sp³-hybridized carbons (Fsp3) is 0.227. The van der Waals surface area contributed by atoms with E-state index in [4.69, 9.17) is 19.0 Å². The van der Waals surface area contributed by atoms with Crippen LogP contribution in [0.5, 0.6) is 11.5 Å². The van der Waals surface area contributed by atoms with Gasteiger partial charge in [0.1, 0.15) is 0 Å². The number of rotatable bonds is 6. The highest BCUT2D eigenvalue weighted by Crippen LogP contribution is 2.36. The van der Waals surface area contributed by atoms with Crippen LogP contribution in [0.25, 0.3) is 16.9 Å². The van der Waals surface area contributed by atoms with E-state index in [1.807, 2.05) is 60.3 Å². The van der Waals surface area contributed by atoms with Crippen molar-refractivity contribution in [2.45, 2.75) is 20.0 Å². The van der Waals surface area contributed by atoms with Gasteiger partial charge in [0.2, 0.25) is 18.6 Å². The maximum absolute atomic E-state index is 5.56. The van der Waals surface area contributed by atoms with Crippen molar-refractivity contribution >= 4 is 0 Å². The van der Waals surface area contributed by atoms with E-state index in [0.29, 0.717) is 24.9 Å². The Kier molecular flexibility index (Phi) is 4.68. The molecule has 0 radical (unpaired) electrons. The molecule has 0 amide bonds. The van der Waals surface area contributed by atoms with E-state index >= 15 is 0 Å². The summed E-state index contributed by atoms with van der Waals surface area (Å²) in [4.78, 5) is 2.12. The van der Waals surface area contributed by atoms with Gasteiger partial charge in [-0.2, -0.15) is 5.10 Å².